The maximum atomic E-state index is 12.9. The Balaban J connectivity index is 1.30. The maximum absolute atomic E-state index is 12.9. The van der Waals surface area contributed by atoms with Crippen LogP contribution in [0.15, 0.2) is 150 Å². The summed E-state index contributed by atoms with van der Waals surface area (Å²) in [6.07, 6.45) is 1.63. The lowest BCUT2D eigenvalue weighted by Gasteiger charge is -2.36. The van der Waals surface area contributed by atoms with E-state index in [-0.39, 0.29) is 24.6 Å². The zero-order valence-electron chi connectivity index (χ0n) is 31.1. The van der Waals surface area contributed by atoms with Crippen LogP contribution in [0.3, 0.4) is 0 Å². The molecule has 0 saturated carbocycles. The van der Waals surface area contributed by atoms with E-state index in [1.807, 2.05) is 96.5 Å². The van der Waals surface area contributed by atoms with E-state index >= 15 is 0 Å². The quantitative estimate of drug-likeness (QED) is 0.0825. The van der Waals surface area contributed by atoms with Gasteiger partial charge in [-0.15, -0.1) is 5.10 Å². The van der Waals surface area contributed by atoms with Crippen molar-refractivity contribution in [3.63, 3.8) is 0 Å². The summed E-state index contributed by atoms with van der Waals surface area (Å²) >= 11 is 0. The maximum Gasteiger partial charge on any atom is 0.359 e. The number of carbonyl (C=O) groups excluding carboxylic acids is 2. The Morgan fingerprint density at radius 1 is 0.618 bits per heavy atom. The molecule has 0 amide bonds. The van der Waals surface area contributed by atoms with Gasteiger partial charge in [0.1, 0.15) is 5.54 Å². The number of nitrogens with zero attached hydrogens (tertiary/aromatic N) is 6. The van der Waals surface area contributed by atoms with Crippen LogP contribution in [0, 0.1) is 0 Å². The third kappa shape index (κ3) is 7.11. The van der Waals surface area contributed by atoms with Crippen molar-refractivity contribution in [1.82, 2.24) is 20.2 Å². The molecule has 5 aromatic carbocycles. The van der Waals surface area contributed by atoms with Crippen molar-refractivity contribution >= 4 is 23.4 Å². The fraction of sp³-hybridized carbons (Fsp3) is 0.222. The summed E-state index contributed by atoms with van der Waals surface area (Å²) in [5.41, 5.74) is 4.62. The van der Waals surface area contributed by atoms with Gasteiger partial charge in [0.25, 0.3) is 0 Å². The van der Waals surface area contributed by atoms with Crippen molar-refractivity contribution in [2.75, 3.05) is 13.2 Å². The lowest BCUT2D eigenvalue weighted by molar-refractivity contribution is -0.137. The third-order valence-electron chi connectivity index (χ3n) is 9.73. The first-order chi connectivity index (χ1) is 26.9. The SMILES string of the molecule is CCCC1(Cc2ccc(-c3ccccc3-c3nnnn3C(c3ccccc3)(c3ccccc3)c3ccccc3)cc2)N=C(C(=O)OCC)C(C(=O)OCC)=N1. The molecule has 2 heterocycles. The van der Waals surface area contributed by atoms with Crippen LogP contribution in [0.1, 0.15) is 55.9 Å². The summed E-state index contributed by atoms with van der Waals surface area (Å²) in [5, 5.41) is 13.8. The van der Waals surface area contributed by atoms with Gasteiger partial charge in [0.2, 0.25) is 0 Å². The molecule has 276 valence electrons. The predicted molar refractivity (Wildman–Crippen MR) is 213 cm³/mol. The van der Waals surface area contributed by atoms with Gasteiger partial charge < -0.3 is 9.47 Å². The van der Waals surface area contributed by atoms with Gasteiger partial charge in [-0.25, -0.2) is 24.3 Å². The largest absolute Gasteiger partial charge is 0.461 e. The molecule has 1 aliphatic rings. The van der Waals surface area contributed by atoms with E-state index in [0.29, 0.717) is 18.7 Å². The molecule has 1 aromatic heterocycles. The minimum Gasteiger partial charge on any atom is -0.461 e. The van der Waals surface area contributed by atoms with Crippen LogP contribution in [0.2, 0.25) is 0 Å². The third-order valence-corrected chi connectivity index (χ3v) is 9.73. The van der Waals surface area contributed by atoms with E-state index in [4.69, 9.17) is 29.8 Å². The Hall–Kier alpha value is -6.55. The number of aromatic nitrogens is 4. The van der Waals surface area contributed by atoms with E-state index in [1.165, 1.54) is 0 Å². The Kier molecular flexibility index (Phi) is 10.8. The number of hydrogen-bond donors (Lipinski definition) is 0. The van der Waals surface area contributed by atoms with E-state index in [2.05, 4.69) is 59.8 Å². The van der Waals surface area contributed by atoms with Crippen molar-refractivity contribution in [3.8, 4) is 22.5 Å². The monoisotopic (exact) mass is 730 g/mol. The summed E-state index contributed by atoms with van der Waals surface area (Å²) in [6, 6.07) is 47.3. The lowest BCUT2D eigenvalue weighted by atomic mass is 9.77. The highest BCUT2D eigenvalue weighted by atomic mass is 16.5. The summed E-state index contributed by atoms with van der Waals surface area (Å²) < 4.78 is 12.4. The molecule has 55 heavy (non-hydrogen) atoms. The zero-order chi connectivity index (χ0) is 38.3. The minimum absolute atomic E-state index is 0.0883. The van der Waals surface area contributed by atoms with Crippen LogP contribution in [-0.2, 0) is 31.0 Å². The Morgan fingerprint density at radius 3 is 1.56 bits per heavy atom. The van der Waals surface area contributed by atoms with Crippen LogP contribution >= 0.6 is 0 Å². The van der Waals surface area contributed by atoms with E-state index in [0.717, 1.165) is 45.4 Å². The van der Waals surface area contributed by atoms with E-state index < -0.39 is 23.1 Å². The van der Waals surface area contributed by atoms with E-state index in [9.17, 15) is 9.59 Å². The van der Waals surface area contributed by atoms with Gasteiger partial charge in [0.15, 0.2) is 22.9 Å². The highest BCUT2D eigenvalue weighted by molar-refractivity contribution is 6.80. The number of esters is 2. The molecule has 0 spiro atoms. The standard InChI is InChI=1S/C45H42N6O4/c1-4-30-44(46-39(42(52)54-5-2)40(47-44)43(53)55-6-3)31-32-26-28-33(29-27-32)37-24-16-17-25-38(37)41-48-49-50-51(41)45(34-18-10-7-11-19-34,35-20-12-8-13-21-35)36-22-14-9-15-23-36/h7-29H,4-6,30-31H2,1-3H3. The Morgan fingerprint density at radius 2 is 1.09 bits per heavy atom. The smallest absolute Gasteiger partial charge is 0.359 e. The van der Waals surface area contributed by atoms with Crippen LogP contribution in [0.4, 0.5) is 0 Å². The number of carbonyl (C=O) groups is 2. The first-order valence-corrected chi connectivity index (χ1v) is 18.6. The molecule has 0 N–H and O–H groups in total. The van der Waals surface area contributed by atoms with Gasteiger partial charge in [0.05, 0.1) is 13.2 Å². The van der Waals surface area contributed by atoms with Crippen LogP contribution in [-0.4, -0.2) is 62.4 Å². The van der Waals surface area contributed by atoms with Crippen molar-refractivity contribution in [3.05, 3.63) is 162 Å². The highest BCUT2D eigenvalue weighted by Crippen LogP contribution is 2.43. The summed E-state index contributed by atoms with van der Waals surface area (Å²) in [7, 11) is 0. The zero-order valence-corrected chi connectivity index (χ0v) is 31.1. The number of tetrazole rings is 1. The number of benzene rings is 5. The molecule has 10 nitrogen and oxygen atoms in total. The van der Waals surface area contributed by atoms with Gasteiger partial charge in [-0.3, -0.25) is 0 Å². The lowest BCUT2D eigenvalue weighted by Crippen LogP contribution is -2.39. The minimum atomic E-state index is -1.05. The van der Waals surface area contributed by atoms with Crippen molar-refractivity contribution < 1.29 is 19.1 Å². The second kappa shape index (κ2) is 16.2. The summed E-state index contributed by atoms with van der Waals surface area (Å²) in [4.78, 5) is 35.3. The van der Waals surface area contributed by atoms with Gasteiger partial charge in [0, 0.05) is 12.0 Å². The Bertz CT molecular complexity index is 2190. The average Bonchev–Trinajstić information content (AvgIpc) is 3.86. The van der Waals surface area contributed by atoms with Crippen molar-refractivity contribution in [1.29, 1.82) is 0 Å². The Labute approximate surface area is 320 Å². The molecule has 0 radical (unpaired) electrons. The number of ether oxygens (including phenoxy) is 2. The summed E-state index contributed by atoms with van der Waals surface area (Å²) in [5.74, 6) is -0.763. The molecule has 0 bridgehead atoms. The molecule has 6 aromatic rings. The van der Waals surface area contributed by atoms with Gasteiger partial charge in [-0.2, -0.15) is 0 Å². The molecule has 0 aliphatic carbocycles. The number of aliphatic imine (C=N–C) groups is 2. The first kappa shape index (κ1) is 36.8. The molecule has 0 atom stereocenters. The molecule has 10 heteroatoms. The fourth-order valence-electron chi connectivity index (χ4n) is 7.46. The number of rotatable bonds is 14. The average molecular weight is 731 g/mol. The summed E-state index contributed by atoms with van der Waals surface area (Å²) in [6.45, 7) is 5.74. The second-order valence-corrected chi connectivity index (χ2v) is 13.2. The molecular weight excluding hydrogens is 689 g/mol. The van der Waals surface area contributed by atoms with Crippen molar-refractivity contribution in [2.24, 2.45) is 9.98 Å². The van der Waals surface area contributed by atoms with Crippen LogP contribution < -0.4 is 0 Å². The van der Waals surface area contributed by atoms with Crippen molar-refractivity contribution in [2.45, 2.75) is 51.2 Å². The number of hydrogen-bond acceptors (Lipinski definition) is 9. The molecule has 0 unspecified atom stereocenters. The second-order valence-electron chi connectivity index (χ2n) is 13.2. The molecule has 0 saturated heterocycles. The van der Waals surface area contributed by atoms with Gasteiger partial charge >= 0.3 is 11.9 Å². The molecular formula is C45H42N6O4. The molecule has 7 rings (SSSR count). The topological polar surface area (TPSA) is 121 Å². The predicted octanol–water partition coefficient (Wildman–Crippen LogP) is 7.91. The molecule has 1 aliphatic heterocycles. The first-order valence-electron chi connectivity index (χ1n) is 18.6. The van der Waals surface area contributed by atoms with Gasteiger partial charge in [-0.05, 0) is 64.1 Å². The normalized spacial score (nSPS) is 13.5. The van der Waals surface area contributed by atoms with Crippen LogP contribution in [0.5, 0.6) is 0 Å². The fourth-order valence-corrected chi connectivity index (χ4v) is 7.46. The van der Waals surface area contributed by atoms with E-state index in [1.54, 1.807) is 13.8 Å². The van der Waals surface area contributed by atoms with Crippen LogP contribution in [0.25, 0.3) is 22.5 Å². The highest BCUT2D eigenvalue weighted by Gasteiger charge is 2.43. The van der Waals surface area contributed by atoms with Gasteiger partial charge in [-0.1, -0.05) is 153 Å². The molecule has 0 fully saturated rings.